The van der Waals surface area contributed by atoms with Crippen LogP contribution in [0.4, 0.5) is 0 Å². The number of carbonyl (C=O) groups excluding carboxylic acids is 1. The fourth-order valence-electron chi connectivity index (χ4n) is 1.89. The van der Waals surface area contributed by atoms with Crippen molar-refractivity contribution in [2.45, 2.75) is 19.3 Å². The van der Waals surface area contributed by atoms with Crippen LogP contribution in [0.25, 0.3) is 0 Å². The summed E-state index contributed by atoms with van der Waals surface area (Å²) in [6.45, 7) is 0.705. The van der Waals surface area contributed by atoms with Gasteiger partial charge in [0, 0.05) is 5.56 Å². The van der Waals surface area contributed by atoms with E-state index < -0.39 is 0 Å². The molecule has 0 aromatic heterocycles. The Balaban J connectivity index is 1.65. The van der Waals surface area contributed by atoms with Crippen molar-refractivity contribution in [1.29, 1.82) is 0 Å². The molecular formula is C17H17O2. The number of benzene rings is 2. The number of rotatable bonds is 7. The molecule has 0 heterocycles. The molecule has 2 rings (SSSR count). The monoisotopic (exact) mass is 253 g/mol. The Bertz CT molecular complexity index is 488. The van der Waals surface area contributed by atoms with Crippen LogP contribution in [0, 0.1) is 0 Å². The van der Waals surface area contributed by atoms with Gasteiger partial charge < -0.3 is 4.74 Å². The van der Waals surface area contributed by atoms with Gasteiger partial charge in [-0.25, -0.2) is 0 Å². The van der Waals surface area contributed by atoms with E-state index in [1.807, 2.05) is 12.4 Å². The minimum atomic E-state index is 0.552. The first kappa shape index (κ1) is 13.3. The Morgan fingerprint density at radius 2 is 1.63 bits per heavy atom. The molecule has 0 spiro atoms. The van der Waals surface area contributed by atoms with Crippen molar-refractivity contribution in [3.63, 3.8) is 0 Å². The first-order valence-electron chi connectivity index (χ1n) is 6.53. The first-order valence-corrected chi connectivity index (χ1v) is 6.53. The van der Waals surface area contributed by atoms with Gasteiger partial charge in [-0.3, -0.25) is 4.79 Å². The number of ether oxygens (including phenoxy) is 1. The van der Waals surface area contributed by atoms with E-state index in [1.165, 1.54) is 5.56 Å². The summed E-state index contributed by atoms with van der Waals surface area (Å²) in [5.74, 6) is 0.804. The maximum absolute atomic E-state index is 10.4. The zero-order valence-electron chi connectivity index (χ0n) is 10.8. The highest BCUT2D eigenvalue weighted by atomic mass is 16.5. The lowest BCUT2D eigenvalue weighted by Gasteiger charge is -2.06. The molecule has 0 amide bonds. The summed E-state index contributed by atoms with van der Waals surface area (Å²) in [4.78, 5) is 10.4. The standard InChI is InChI=1S/C17H17O2/c18-14-16-9-11-17(12-10-16)19-13-5-4-8-15-6-2-1-3-7-15/h1-3,6-7,9-12H,4-5,8,13H2. The van der Waals surface area contributed by atoms with Crippen molar-refractivity contribution in [1.82, 2.24) is 0 Å². The fraction of sp³-hybridized carbons (Fsp3) is 0.235. The second-order valence-corrected chi connectivity index (χ2v) is 4.42. The Hall–Kier alpha value is -2.09. The molecule has 19 heavy (non-hydrogen) atoms. The van der Waals surface area contributed by atoms with Gasteiger partial charge in [0.15, 0.2) is 0 Å². The number of aryl methyl sites for hydroxylation is 1. The highest BCUT2D eigenvalue weighted by Crippen LogP contribution is 2.12. The maximum atomic E-state index is 10.4. The van der Waals surface area contributed by atoms with Crippen molar-refractivity contribution in [2.75, 3.05) is 6.61 Å². The SMILES string of the molecule is O=[C]c1ccc(OCCCCc2ccccc2)cc1. The maximum Gasteiger partial charge on any atom is 0.233 e. The van der Waals surface area contributed by atoms with Crippen molar-refractivity contribution in [3.05, 3.63) is 65.7 Å². The largest absolute Gasteiger partial charge is 0.494 e. The van der Waals surface area contributed by atoms with Crippen LogP contribution in [0.5, 0.6) is 5.75 Å². The smallest absolute Gasteiger partial charge is 0.233 e. The lowest BCUT2D eigenvalue weighted by atomic mass is 10.1. The van der Waals surface area contributed by atoms with E-state index in [4.69, 9.17) is 4.74 Å². The van der Waals surface area contributed by atoms with Gasteiger partial charge in [0.05, 0.1) is 6.61 Å². The number of hydrogen-bond donors (Lipinski definition) is 0. The van der Waals surface area contributed by atoms with Gasteiger partial charge in [-0.1, -0.05) is 30.3 Å². The zero-order valence-corrected chi connectivity index (χ0v) is 10.8. The number of hydrogen-bond acceptors (Lipinski definition) is 2. The third-order valence-electron chi connectivity index (χ3n) is 2.94. The average molecular weight is 253 g/mol. The molecule has 0 saturated heterocycles. The Labute approximate surface area is 114 Å². The van der Waals surface area contributed by atoms with Crippen LogP contribution in [0.3, 0.4) is 0 Å². The van der Waals surface area contributed by atoms with E-state index >= 15 is 0 Å². The Morgan fingerprint density at radius 1 is 0.895 bits per heavy atom. The van der Waals surface area contributed by atoms with Gasteiger partial charge in [0.25, 0.3) is 0 Å². The van der Waals surface area contributed by atoms with Crippen molar-refractivity contribution in [3.8, 4) is 5.75 Å². The van der Waals surface area contributed by atoms with E-state index in [-0.39, 0.29) is 0 Å². The third kappa shape index (κ3) is 4.59. The van der Waals surface area contributed by atoms with Crippen molar-refractivity contribution >= 4 is 6.29 Å². The molecule has 0 atom stereocenters. The lowest BCUT2D eigenvalue weighted by molar-refractivity contribution is 0.307. The lowest BCUT2D eigenvalue weighted by Crippen LogP contribution is -1.98. The minimum Gasteiger partial charge on any atom is -0.494 e. The second-order valence-electron chi connectivity index (χ2n) is 4.42. The molecular weight excluding hydrogens is 236 g/mol. The van der Waals surface area contributed by atoms with Crippen LogP contribution in [0.15, 0.2) is 54.6 Å². The molecule has 0 aliphatic heterocycles. The van der Waals surface area contributed by atoms with E-state index in [9.17, 15) is 4.79 Å². The van der Waals surface area contributed by atoms with Gasteiger partial charge in [-0.05, 0) is 49.1 Å². The molecule has 2 aromatic carbocycles. The molecule has 97 valence electrons. The summed E-state index contributed by atoms with van der Waals surface area (Å²) in [6, 6.07) is 17.5. The van der Waals surface area contributed by atoms with Crippen LogP contribution in [0.2, 0.25) is 0 Å². The van der Waals surface area contributed by atoms with E-state index in [2.05, 4.69) is 24.3 Å². The summed E-state index contributed by atoms with van der Waals surface area (Å²) in [6.07, 6.45) is 5.07. The van der Waals surface area contributed by atoms with Gasteiger partial charge in [0.1, 0.15) is 5.75 Å². The van der Waals surface area contributed by atoms with Crippen LogP contribution in [-0.2, 0) is 11.2 Å². The molecule has 0 unspecified atom stereocenters. The molecule has 2 aromatic rings. The summed E-state index contributed by atoms with van der Waals surface area (Å²) in [5, 5.41) is 0. The van der Waals surface area contributed by atoms with Gasteiger partial charge >= 0.3 is 0 Å². The number of unbranched alkanes of at least 4 members (excludes halogenated alkanes) is 1. The fourth-order valence-corrected chi connectivity index (χ4v) is 1.89. The van der Waals surface area contributed by atoms with Crippen LogP contribution >= 0.6 is 0 Å². The quantitative estimate of drug-likeness (QED) is 0.705. The average Bonchev–Trinajstić information content (AvgIpc) is 2.49. The topological polar surface area (TPSA) is 26.3 Å². The minimum absolute atomic E-state index is 0.552. The predicted octanol–water partition coefficient (Wildman–Crippen LogP) is 3.55. The Kier molecular flexibility index (Phi) is 5.17. The zero-order chi connectivity index (χ0) is 13.3. The summed E-state index contributed by atoms with van der Waals surface area (Å²) in [7, 11) is 0. The molecule has 0 bridgehead atoms. The molecule has 0 aliphatic rings. The van der Waals surface area contributed by atoms with Crippen molar-refractivity contribution in [2.24, 2.45) is 0 Å². The molecule has 0 saturated carbocycles. The van der Waals surface area contributed by atoms with Crippen LogP contribution in [-0.4, -0.2) is 12.9 Å². The van der Waals surface area contributed by atoms with Crippen LogP contribution in [0.1, 0.15) is 24.0 Å². The second kappa shape index (κ2) is 7.37. The van der Waals surface area contributed by atoms with E-state index in [0.717, 1.165) is 25.0 Å². The molecule has 0 N–H and O–H groups in total. The molecule has 0 aliphatic carbocycles. The highest BCUT2D eigenvalue weighted by Gasteiger charge is 1.96. The highest BCUT2D eigenvalue weighted by molar-refractivity contribution is 5.75. The van der Waals surface area contributed by atoms with E-state index in [1.54, 1.807) is 24.3 Å². The van der Waals surface area contributed by atoms with Crippen LogP contribution < -0.4 is 4.74 Å². The third-order valence-corrected chi connectivity index (χ3v) is 2.94. The molecule has 2 nitrogen and oxygen atoms in total. The first-order chi connectivity index (χ1) is 9.38. The summed E-state index contributed by atoms with van der Waals surface area (Å²) < 4.78 is 5.61. The summed E-state index contributed by atoms with van der Waals surface area (Å²) in [5.41, 5.74) is 1.92. The van der Waals surface area contributed by atoms with Gasteiger partial charge in [-0.15, -0.1) is 0 Å². The molecule has 2 heteroatoms. The normalized spacial score (nSPS) is 10.1. The van der Waals surface area contributed by atoms with E-state index in [0.29, 0.717) is 12.2 Å². The molecule has 0 fully saturated rings. The Morgan fingerprint density at radius 3 is 2.32 bits per heavy atom. The molecule has 1 radical (unpaired) electrons. The summed E-state index contributed by atoms with van der Waals surface area (Å²) >= 11 is 0. The van der Waals surface area contributed by atoms with Gasteiger partial charge in [0.2, 0.25) is 6.29 Å². The van der Waals surface area contributed by atoms with Gasteiger partial charge in [-0.2, -0.15) is 0 Å². The van der Waals surface area contributed by atoms with Crippen molar-refractivity contribution < 1.29 is 9.53 Å². The predicted molar refractivity (Wildman–Crippen MR) is 76.1 cm³/mol.